The molecule has 0 aliphatic heterocycles. The minimum absolute atomic E-state index is 0.0351. The highest BCUT2D eigenvalue weighted by Crippen LogP contribution is 2.20. The van der Waals surface area contributed by atoms with Crippen LogP contribution in [0.15, 0.2) is 18.7 Å². The lowest BCUT2D eigenvalue weighted by Crippen LogP contribution is -2.34. The molecule has 0 fully saturated rings. The third-order valence-corrected chi connectivity index (χ3v) is 2.93. The number of amides is 1. The second kappa shape index (κ2) is 7.16. The summed E-state index contributed by atoms with van der Waals surface area (Å²) >= 11 is 0. The molecule has 0 saturated heterocycles. The Bertz CT molecular complexity index is 347. The molecule has 1 heterocycles. The number of rotatable bonds is 8. The highest BCUT2D eigenvalue weighted by atomic mass is 16.2. The summed E-state index contributed by atoms with van der Waals surface area (Å²) in [7, 11) is 0. The first kappa shape index (κ1) is 14.7. The Kier molecular flexibility index (Phi) is 5.85. The highest BCUT2D eigenvalue weighted by molar-refractivity contribution is 5.75. The van der Waals surface area contributed by atoms with Gasteiger partial charge in [-0.25, -0.2) is 4.98 Å². The second-order valence-corrected chi connectivity index (χ2v) is 5.32. The number of carbonyl (C=O) groups excluding carboxylic acids is 1. The quantitative estimate of drug-likeness (QED) is 0.731. The molecule has 0 bridgehead atoms. The van der Waals surface area contributed by atoms with Crippen molar-refractivity contribution in [3.05, 3.63) is 18.7 Å². The number of hydrogen-bond acceptors (Lipinski definition) is 3. The van der Waals surface area contributed by atoms with Gasteiger partial charge in [0.25, 0.3) is 0 Å². The van der Waals surface area contributed by atoms with E-state index in [1.807, 2.05) is 10.8 Å². The fraction of sp³-hybridized carbons (Fsp3) is 0.692. The molecule has 1 rings (SSSR count). The zero-order valence-electron chi connectivity index (χ0n) is 11.2. The van der Waals surface area contributed by atoms with Gasteiger partial charge >= 0.3 is 0 Å². The second-order valence-electron chi connectivity index (χ2n) is 5.32. The molecule has 0 radical (unpaired) electrons. The molecule has 0 unspecified atom stereocenters. The molecule has 0 aromatic carbocycles. The van der Waals surface area contributed by atoms with Crippen molar-refractivity contribution >= 4 is 5.91 Å². The Morgan fingerprint density at radius 2 is 2.28 bits per heavy atom. The Morgan fingerprint density at radius 1 is 1.50 bits per heavy atom. The normalized spacial score (nSPS) is 11.5. The summed E-state index contributed by atoms with van der Waals surface area (Å²) in [6.45, 7) is 5.70. The van der Waals surface area contributed by atoms with Crippen LogP contribution in [-0.4, -0.2) is 33.7 Å². The van der Waals surface area contributed by atoms with Crippen LogP contribution >= 0.6 is 0 Å². The van der Waals surface area contributed by atoms with Gasteiger partial charge in [-0.05, 0) is 18.3 Å². The predicted molar refractivity (Wildman–Crippen MR) is 70.0 cm³/mol. The average molecular weight is 253 g/mol. The van der Waals surface area contributed by atoms with Crippen LogP contribution in [-0.2, 0) is 11.3 Å². The molecule has 0 spiro atoms. The van der Waals surface area contributed by atoms with Gasteiger partial charge < -0.3 is 15.0 Å². The summed E-state index contributed by atoms with van der Waals surface area (Å²) in [5, 5.41) is 11.7. The maximum absolute atomic E-state index is 11.7. The summed E-state index contributed by atoms with van der Waals surface area (Å²) in [4.78, 5) is 15.6. The number of aliphatic hydroxyl groups excluding tert-OH is 1. The fourth-order valence-electron chi connectivity index (χ4n) is 1.72. The molecule has 1 aromatic rings. The Morgan fingerprint density at radius 3 is 2.89 bits per heavy atom. The number of aromatic nitrogens is 2. The number of carbonyl (C=O) groups is 1. The van der Waals surface area contributed by atoms with Gasteiger partial charge in [0.2, 0.25) is 5.91 Å². The first-order valence-electron chi connectivity index (χ1n) is 6.37. The van der Waals surface area contributed by atoms with Crippen molar-refractivity contribution in [2.24, 2.45) is 5.41 Å². The highest BCUT2D eigenvalue weighted by Gasteiger charge is 2.18. The Balaban J connectivity index is 2.20. The van der Waals surface area contributed by atoms with E-state index in [-0.39, 0.29) is 17.9 Å². The van der Waals surface area contributed by atoms with E-state index >= 15 is 0 Å². The van der Waals surface area contributed by atoms with E-state index < -0.39 is 0 Å². The first-order valence-corrected chi connectivity index (χ1v) is 6.37. The molecule has 0 atom stereocenters. The van der Waals surface area contributed by atoms with Gasteiger partial charge in [-0.15, -0.1) is 0 Å². The van der Waals surface area contributed by atoms with Crippen LogP contribution in [0.5, 0.6) is 0 Å². The lowest BCUT2D eigenvalue weighted by Gasteiger charge is -2.24. The Labute approximate surface area is 108 Å². The van der Waals surface area contributed by atoms with E-state index in [2.05, 4.69) is 24.1 Å². The van der Waals surface area contributed by atoms with E-state index in [1.165, 1.54) is 0 Å². The van der Waals surface area contributed by atoms with Crippen LogP contribution in [0, 0.1) is 5.41 Å². The predicted octanol–water partition coefficient (Wildman–Crippen LogP) is 1.19. The van der Waals surface area contributed by atoms with E-state index in [4.69, 9.17) is 5.11 Å². The maximum Gasteiger partial charge on any atom is 0.221 e. The Hall–Kier alpha value is -1.36. The SMILES string of the molecule is CC(C)(CCCO)CNC(=O)CCn1ccnc1. The molecule has 2 N–H and O–H groups in total. The number of nitrogens with one attached hydrogen (secondary N) is 1. The van der Waals surface area contributed by atoms with Crippen LogP contribution in [0.25, 0.3) is 0 Å². The molecule has 0 aliphatic carbocycles. The molecule has 1 aromatic heterocycles. The smallest absolute Gasteiger partial charge is 0.221 e. The molecule has 0 saturated carbocycles. The third-order valence-electron chi connectivity index (χ3n) is 2.93. The maximum atomic E-state index is 11.7. The third kappa shape index (κ3) is 5.82. The van der Waals surface area contributed by atoms with Gasteiger partial charge in [0.15, 0.2) is 0 Å². The number of nitrogens with zero attached hydrogens (tertiary/aromatic N) is 2. The number of hydrogen-bond donors (Lipinski definition) is 2. The van der Waals surface area contributed by atoms with Crippen molar-refractivity contribution in [2.45, 2.75) is 39.7 Å². The summed E-state index contributed by atoms with van der Waals surface area (Å²) < 4.78 is 1.89. The summed E-state index contributed by atoms with van der Waals surface area (Å²) in [5.74, 6) is 0.0563. The summed E-state index contributed by atoms with van der Waals surface area (Å²) in [6.07, 6.45) is 7.41. The van der Waals surface area contributed by atoms with Crippen LogP contribution < -0.4 is 5.32 Å². The minimum atomic E-state index is 0.0351. The molecule has 102 valence electrons. The largest absolute Gasteiger partial charge is 0.396 e. The van der Waals surface area contributed by atoms with Crippen LogP contribution in [0.4, 0.5) is 0 Å². The standard InChI is InChI=1S/C13H23N3O2/c1-13(2,5-3-9-17)10-15-12(18)4-7-16-8-6-14-11-16/h6,8,11,17H,3-5,7,9-10H2,1-2H3,(H,15,18). The number of aliphatic hydroxyl groups is 1. The lowest BCUT2D eigenvalue weighted by molar-refractivity contribution is -0.121. The van der Waals surface area contributed by atoms with Crippen LogP contribution in [0.3, 0.4) is 0 Å². The fourth-order valence-corrected chi connectivity index (χ4v) is 1.72. The van der Waals surface area contributed by atoms with Crippen LogP contribution in [0.2, 0.25) is 0 Å². The van der Waals surface area contributed by atoms with E-state index in [9.17, 15) is 4.79 Å². The minimum Gasteiger partial charge on any atom is -0.396 e. The molecule has 5 heteroatoms. The van der Waals surface area contributed by atoms with Gasteiger partial charge in [-0.3, -0.25) is 4.79 Å². The van der Waals surface area contributed by atoms with Gasteiger partial charge in [0.05, 0.1) is 6.33 Å². The molecule has 0 aliphatic rings. The van der Waals surface area contributed by atoms with E-state index in [0.29, 0.717) is 19.5 Å². The first-order chi connectivity index (χ1) is 8.53. The molecular weight excluding hydrogens is 230 g/mol. The number of aryl methyl sites for hydroxylation is 1. The number of imidazole rings is 1. The van der Waals surface area contributed by atoms with Gasteiger partial charge in [-0.1, -0.05) is 13.8 Å². The monoisotopic (exact) mass is 253 g/mol. The van der Waals surface area contributed by atoms with Crippen molar-refractivity contribution in [1.82, 2.24) is 14.9 Å². The topological polar surface area (TPSA) is 67.2 Å². The molecule has 18 heavy (non-hydrogen) atoms. The molecular formula is C13H23N3O2. The van der Waals surface area contributed by atoms with Crippen molar-refractivity contribution in [3.63, 3.8) is 0 Å². The van der Waals surface area contributed by atoms with Crippen LogP contribution in [0.1, 0.15) is 33.1 Å². The lowest BCUT2D eigenvalue weighted by atomic mass is 9.88. The van der Waals surface area contributed by atoms with Gasteiger partial charge in [0, 0.05) is 38.5 Å². The van der Waals surface area contributed by atoms with Crippen molar-refractivity contribution in [2.75, 3.05) is 13.2 Å². The van der Waals surface area contributed by atoms with Crippen molar-refractivity contribution < 1.29 is 9.90 Å². The molecule has 5 nitrogen and oxygen atoms in total. The zero-order valence-corrected chi connectivity index (χ0v) is 11.2. The van der Waals surface area contributed by atoms with E-state index in [1.54, 1.807) is 12.5 Å². The zero-order chi connectivity index (χ0) is 13.4. The van der Waals surface area contributed by atoms with E-state index in [0.717, 1.165) is 12.8 Å². The molecule has 1 amide bonds. The van der Waals surface area contributed by atoms with Gasteiger partial charge in [-0.2, -0.15) is 0 Å². The van der Waals surface area contributed by atoms with Crippen molar-refractivity contribution in [1.29, 1.82) is 0 Å². The average Bonchev–Trinajstić information content (AvgIpc) is 2.84. The van der Waals surface area contributed by atoms with Gasteiger partial charge in [0.1, 0.15) is 0 Å². The summed E-state index contributed by atoms with van der Waals surface area (Å²) in [6, 6.07) is 0. The summed E-state index contributed by atoms with van der Waals surface area (Å²) in [5.41, 5.74) is 0.0351. The van der Waals surface area contributed by atoms with Crippen molar-refractivity contribution in [3.8, 4) is 0 Å².